The molecular weight excluding hydrogens is 958 g/mol. The van der Waals surface area contributed by atoms with Crippen LogP contribution in [-0.4, -0.2) is 188 Å². The molecule has 3 aliphatic heterocycles. The number of carbonyl (C=O) groups is 2. The van der Waals surface area contributed by atoms with Gasteiger partial charge in [0, 0.05) is 50.4 Å². The Kier molecular flexibility index (Phi) is 27.9. The van der Waals surface area contributed by atoms with Crippen molar-refractivity contribution in [3.05, 3.63) is 22.8 Å². The SMILES string of the molecule is [B][C@H]1C[C@@H](OP(=O)(OCC[N+]#[C-])OC[C@H]2O[C@@H]([B])C[C@H]2OP(=O)(OCC[N+]#[C-])OC[C@H]2O[C@@H]([B])C[C@H]2OP(=O)(OCCC#N)OCC(COC)CC(=O)CCNC(=O)CCOCC#C)[C@@H](CO)O1. The standard InChI is InChI=1S/C38H56B3N4O20P3/c1-5-13-53-15-8-38(48)45-10-7-28(47)18-27(23-52-4)24-57-66(49,54-14-6-9-42)64-30-20-36(40)61-33(30)26-59-68(51,56-17-12-44-3)65-31-21-37(41)62-34(31)25-58-67(50,55-16-11-43-2)63-29-19-35(39)60-32(29)22-46/h1,27,29-37,46H,6-8,10-26H2,4H3,(H,45,48)/t27?,29-,30-,31-,32-,33-,34-,35-,36-,37-,66?,67?,68?/m1/s1. The van der Waals surface area contributed by atoms with E-state index in [4.69, 9.17) is 113 Å². The number of nitrogens with zero attached hydrogens (tertiary/aromatic N) is 3. The maximum absolute atomic E-state index is 14.3. The van der Waals surface area contributed by atoms with Gasteiger partial charge in [-0.2, -0.15) is 5.26 Å². The third-order valence-corrected chi connectivity index (χ3v) is 14.1. The number of nitriles is 1. The van der Waals surface area contributed by atoms with Crippen LogP contribution in [0.1, 0.15) is 44.9 Å². The van der Waals surface area contributed by atoms with Crippen LogP contribution in [0, 0.1) is 42.7 Å². The number of aliphatic hydroxyl groups excluding tert-OH is 1. The van der Waals surface area contributed by atoms with Crippen molar-refractivity contribution in [1.82, 2.24) is 5.32 Å². The highest BCUT2D eigenvalue weighted by molar-refractivity contribution is 7.49. The average molecular weight is 1010 g/mol. The summed E-state index contributed by atoms with van der Waals surface area (Å²) < 4.78 is 120. The quantitative estimate of drug-likeness (QED) is 0.0298. The molecule has 372 valence electrons. The number of nitrogens with one attached hydrogen (secondary N) is 1. The number of carbonyl (C=O) groups excluding carboxylic acids is 2. The molecule has 0 aromatic heterocycles. The summed E-state index contributed by atoms with van der Waals surface area (Å²) in [7, 11) is 5.54. The Morgan fingerprint density at radius 1 is 0.779 bits per heavy atom. The van der Waals surface area contributed by atoms with Crippen molar-refractivity contribution in [1.29, 1.82) is 5.26 Å². The second-order valence-corrected chi connectivity index (χ2v) is 19.9. The van der Waals surface area contributed by atoms with Crippen molar-refractivity contribution >= 4 is 58.7 Å². The third kappa shape index (κ3) is 22.3. The van der Waals surface area contributed by atoms with E-state index < -0.39 is 110 Å². The number of phosphoric acid groups is 3. The number of phosphoric ester groups is 3. The molecule has 13 atom stereocenters. The minimum absolute atomic E-state index is 0.0103. The molecule has 30 heteroatoms. The van der Waals surface area contributed by atoms with Gasteiger partial charge in [-0.15, -0.1) is 6.42 Å². The number of ketones is 1. The number of ether oxygens (including phenoxy) is 5. The van der Waals surface area contributed by atoms with E-state index in [1.165, 1.54) is 7.11 Å². The lowest BCUT2D eigenvalue weighted by Crippen LogP contribution is -2.32. The van der Waals surface area contributed by atoms with Crippen molar-refractivity contribution in [3.8, 4) is 18.4 Å². The Labute approximate surface area is 400 Å². The van der Waals surface area contributed by atoms with Gasteiger partial charge >= 0.3 is 23.5 Å². The smallest absolute Gasteiger partial charge is 0.394 e. The summed E-state index contributed by atoms with van der Waals surface area (Å²) in [6.07, 6.45) is -2.24. The van der Waals surface area contributed by atoms with E-state index in [9.17, 15) is 28.4 Å². The summed E-state index contributed by atoms with van der Waals surface area (Å²) >= 11 is 0. The van der Waals surface area contributed by atoms with Gasteiger partial charge in [0.1, 0.15) is 67.5 Å². The number of hydrogen-bond donors (Lipinski definition) is 2. The van der Waals surface area contributed by atoms with Crippen molar-refractivity contribution < 1.29 is 92.8 Å². The summed E-state index contributed by atoms with van der Waals surface area (Å²) in [6.45, 7) is 10.7. The van der Waals surface area contributed by atoms with Crippen LogP contribution in [0.25, 0.3) is 9.69 Å². The summed E-state index contributed by atoms with van der Waals surface area (Å²) in [5.41, 5.74) is 0. The van der Waals surface area contributed by atoms with E-state index in [0.717, 1.165) is 0 Å². The van der Waals surface area contributed by atoms with Gasteiger partial charge in [0.25, 0.3) is 0 Å². The molecule has 0 saturated carbocycles. The monoisotopic (exact) mass is 1010 g/mol. The molecule has 0 spiro atoms. The molecular formula is C38H56B3N4O20P3. The molecule has 2 N–H and O–H groups in total. The third-order valence-electron chi connectivity index (χ3n) is 9.59. The molecule has 3 saturated heterocycles. The first kappa shape index (κ1) is 59.8. The largest absolute Gasteiger partial charge is 0.475 e. The molecule has 0 aromatic rings. The van der Waals surface area contributed by atoms with Crippen LogP contribution in [0.3, 0.4) is 0 Å². The molecule has 0 aromatic carbocycles. The van der Waals surface area contributed by atoms with Gasteiger partial charge in [0.05, 0.1) is 83.5 Å². The zero-order valence-corrected chi connectivity index (χ0v) is 40.3. The van der Waals surface area contributed by atoms with Crippen LogP contribution in [-0.2, 0) is 87.7 Å². The molecule has 24 nitrogen and oxygen atoms in total. The lowest BCUT2D eigenvalue weighted by molar-refractivity contribution is -0.122. The maximum atomic E-state index is 14.3. The second kappa shape index (κ2) is 31.7. The van der Waals surface area contributed by atoms with Gasteiger partial charge in [-0.05, 0) is 19.3 Å². The van der Waals surface area contributed by atoms with Crippen LogP contribution in [0.5, 0.6) is 0 Å². The first-order chi connectivity index (χ1) is 32.5. The van der Waals surface area contributed by atoms with E-state index in [1.807, 2.05) is 6.07 Å². The Morgan fingerprint density at radius 2 is 1.28 bits per heavy atom. The Morgan fingerprint density at radius 3 is 1.76 bits per heavy atom. The van der Waals surface area contributed by atoms with Crippen LogP contribution in [0.15, 0.2) is 0 Å². The zero-order chi connectivity index (χ0) is 50.0. The molecule has 3 fully saturated rings. The molecule has 6 radical (unpaired) electrons. The molecule has 4 unspecified atom stereocenters. The van der Waals surface area contributed by atoms with Gasteiger partial charge in [-0.1, -0.05) is 5.92 Å². The number of amides is 1. The number of hydrogen-bond acceptors (Lipinski definition) is 21. The molecule has 3 rings (SSSR count). The van der Waals surface area contributed by atoms with Gasteiger partial charge < -0.3 is 43.8 Å². The average Bonchev–Trinajstić information content (AvgIpc) is 3.95. The second-order valence-electron chi connectivity index (χ2n) is 15.0. The van der Waals surface area contributed by atoms with Crippen molar-refractivity contribution in [3.63, 3.8) is 0 Å². The van der Waals surface area contributed by atoms with Gasteiger partial charge in [0.2, 0.25) is 19.0 Å². The van der Waals surface area contributed by atoms with Crippen molar-refractivity contribution in [2.75, 3.05) is 92.8 Å². The number of Topliss-reactive ketones (excluding diaryl/α,β-unsaturated/α-hetero) is 1. The van der Waals surface area contributed by atoms with Gasteiger partial charge in [-0.25, -0.2) is 26.8 Å². The van der Waals surface area contributed by atoms with E-state index in [2.05, 4.69) is 20.9 Å². The fraction of sp³-hybridized carbons (Fsp3) is 0.816. The first-order valence-corrected chi connectivity index (χ1v) is 25.8. The molecule has 1 amide bonds. The lowest BCUT2D eigenvalue weighted by atomic mass is 9.96. The summed E-state index contributed by atoms with van der Waals surface area (Å²) in [5, 5.41) is 21.5. The predicted molar refractivity (Wildman–Crippen MR) is 237 cm³/mol. The van der Waals surface area contributed by atoms with Crippen LogP contribution in [0.2, 0.25) is 0 Å². The van der Waals surface area contributed by atoms with Crippen LogP contribution < -0.4 is 5.32 Å². The highest BCUT2D eigenvalue weighted by atomic mass is 31.2. The number of aliphatic hydroxyl groups is 1. The highest BCUT2D eigenvalue weighted by Gasteiger charge is 2.47. The van der Waals surface area contributed by atoms with E-state index in [0.29, 0.717) is 0 Å². The number of terminal acetylenes is 1. The molecule has 3 heterocycles. The summed E-state index contributed by atoms with van der Waals surface area (Å²) in [6, 6.07) is -1.04. The predicted octanol–water partition coefficient (Wildman–Crippen LogP) is 1.93. The van der Waals surface area contributed by atoms with E-state index in [1.54, 1.807) is 0 Å². The molecule has 0 aliphatic carbocycles. The Hall–Kier alpha value is -2.55. The Bertz CT molecular complexity index is 1890. The van der Waals surface area contributed by atoms with Crippen molar-refractivity contribution in [2.45, 2.75) is 99.6 Å². The van der Waals surface area contributed by atoms with Crippen LogP contribution in [0.4, 0.5) is 0 Å². The van der Waals surface area contributed by atoms with E-state index in [-0.39, 0.29) is 116 Å². The van der Waals surface area contributed by atoms with Crippen molar-refractivity contribution in [2.24, 2.45) is 5.92 Å². The van der Waals surface area contributed by atoms with Gasteiger partial charge in [0.15, 0.2) is 0 Å². The first-order valence-electron chi connectivity index (χ1n) is 21.4. The maximum Gasteiger partial charge on any atom is 0.475 e. The lowest BCUT2D eigenvalue weighted by Gasteiger charge is -2.28. The summed E-state index contributed by atoms with van der Waals surface area (Å²) in [5.74, 6) is 1.03. The number of rotatable bonds is 36. The molecule has 68 heavy (non-hydrogen) atoms. The minimum Gasteiger partial charge on any atom is -0.394 e. The Balaban J connectivity index is 1.70. The molecule has 0 bridgehead atoms. The molecule has 3 aliphatic rings. The zero-order valence-electron chi connectivity index (χ0n) is 37.6. The van der Waals surface area contributed by atoms with Gasteiger partial charge in [-0.3, -0.25) is 50.3 Å². The fourth-order valence-electron chi connectivity index (χ4n) is 6.50. The normalized spacial score (nSPS) is 27.6. The number of methoxy groups -OCH3 is 1. The topological polar surface area (TPSA) is 279 Å². The highest BCUT2D eigenvalue weighted by Crippen LogP contribution is 2.56. The summed E-state index contributed by atoms with van der Waals surface area (Å²) in [4.78, 5) is 31.2. The minimum atomic E-state index is -4.71. The van der Waals surface area contributed by atoms with E-state index >= 15 is 0 Å². The van der Waals surface area contributed by atoms with Crippen LogP contribution >= 0.6 is 23.5 Å². The fourth-order valence-corrected chi connectivity index (χ4v) is 10.7.